The molecule has 0 atom stereocenters. The number of hydrogen-bond acceptors (Lipinski definition) is 5. The van der Waals surface area contributed by atoms with Gasteiger partial charge >= 0.3 is 12.1 Å². The summed E-state index contributed by atoms with van der Waals surface area (Å²) in [5.41, 5.74) is 4.56. The van der Waals surface area contributed by atoms with Gasteiger partial charge in [-0.05, 0) is 48.2 Å². The molecule has 1 aliphatic rings. The number of fused-ring (bicyclic) bond motifs is 3. The van der Waals surface area contributed by atoms with Gasteiger partial charge in [-0.1, -0.05) is 48.5 Å². The van der Waals surface area contributed by atoms with Crippen LogP contribution in [0.15, 0.2) is 65.1 Å². The lowest BCUT2D eigenvalue weighted by Crippen LogP contribution is -2.40. The molecule has 2 aromatic carbocycles. The van der Waals surface area contributed by atoms with Crippen LogP contribution in [0.2, 0.25) is 0 Å². The van der Waals surface area contributed by atoms with Crippen molar-refractivity contribution in [3.63, 3.8) is 0 Å². The molecule has 0 bridgehead atoms. The smallest absolute Gasteiger partial charge is 0.407 e. The normalized spacial score (nSPS) is 12.2. The summed E-state index contributed by atoms with van der Waals surface area (Å²) >= 11 is 0. The first kappa shape index (κ1) is 23.1. The van der Waals surface area contributed by atoms with Crippen molar-refractivity contribution in [1.82, 2.24) is 10.2 Å². The number of ether oxygens (including phenoxy) is 1. The quantitative estimate of drug-likeness (QED) is 0.518. The summed E-state index contributed by atoms with van der Waals surface area (Å²) in [5.74, 6) is -1.30. The SMILES string of the molecule is CC(C)N(CC(=O)O)C(=O)c1ccc(CNC(=O)OCC2c3ccccc3-c3ccccc32)o1. The van der Waals surface area contributed by atoms with Gasteiger partial charge in [0, 0.05) is 12.0 Å². The van der Waals surface area contributed by atoms with Crippen LogP contribution in [0.5, 0.6) is 0 Å². The molecule has 176 valence electrons. The van der Waals surface area contributed by atoms with Gasteiger partial charge in [0.25, 0.3) is 5.91 Å². The molecule has 3 aromatic rings. The number of carboxylic acid groups (broad SMARTS) is 1. The largest absolute Gasteiger partial charge is 0.480 e. The maximum Gasteiger partial charge on any atom is 0.407 e. The Morgan fingerprint density at radius 3 is 2.21 bits per heavy atom. The zero-order chi connectivity index (χ0) is 24.2. The highest BCUT2D eigenvalue weighted by atomic mass is 16.5. The molecular weight excluding hydrogens is 436 g/mol. The number of nitrogens with one attached hydrogen (secondary N) is 1. The highest BCUT2D eigenvalue weighted by Crippen LogP contribution is 2.44. The van der Waals surface area contributed by atoms with E-state index < -0.39 is 24.5 Å². The summed E-state index contributed by atoms with van der Waals surface area (Å²) in [6.45, 7) is 3.25. The fraction of sp³-hybridized carbons (Fsp3) is 0.269. The molecule has 1 aromatic heterocycles. The van der Waals surface area contributed by atoms with Crippen LogP contribution < -0.4 is 5.32 Å². The molecular formula is C26H26N2O6. The highest BCUT2D eigenvalue weighted by Gasteiger charge is 2.29. The van der Waals surface area contributed by atoms with Crippen LogP contribution in [-0.4, -0.2) is 47.2 Å². The van der Waals surface area contributed by atoms with Crippen LogP contribution in [0.25, 0.3) is 11.1 Å². The minimum Gasteiger partial charge on any atom is -0.480 e. The van der Waals surface area contributed by atoms with E-state index in [1.807, 2.05) is 36.4 Å². The van der Waals surface area contributed by atoms with Crippen molar-refractivity contribution in [3.8, 4) is 11.1 Å². The van der Waals surface area contributed by atoms with Gasteiger partial charge in [-0.25, -0.2) is 4.79 Å². The molecule has 2 N–H and O–H groups in total. The van der Waals surface area contributed by atoms with E-state index in [0.717, 1.165) is 22.3 Å². The second-order valence-electron chi connectivity index (χ2n) is 8.37. The third kappa shape index (κ3) is 4.80. The predicted molar refractivity (Wildman–Crippen MR) is 124 cm³/mol. The van der Waals surface area contributed by atoms with Crippen molar-refractivity contribution >= 4 is 18.0 Å². The van der Waals surface area contributed by atoms with E-state index in [1.165, 1.54) is 11.0 Å². The molecule has 2 amide bonds. The van der Waals surface area contributed by atoms with Crippen molar-refractivity contribution in [1.29, 1.82) is 0 Å². The first-order valence-electron chi connectivity index (χ1n) is 11.1. The minimum absolute atomic E-state index is 0.0132. The Morgan fingerprint density at radius 1 is 1.00 bits per heavy atom. The van der Waals surface area contributed by atoms with Gasteiger partial charge in [0.2, 0.25) is 0 Å². The average molecular weight is 463 g/mol. The molecule has 0 radical (unpaired) electrons. The molecule has 8 heteroatoms. The number of aliphatic carboxylic acids is 1. The molecule has 0 spiro atoms. The number of nitrogens with zero attached hydrogens (tertiary/aromatic N) is 1. The molecule has 0 fully saturated rings. The lowest BCUT2D eigenvalue weighted by atomic mass is 9.98. The Bertz CT molecular complexity index is 1170. The van der Waals surface area contributed by atoms with E-state index in [0.29, 0.717) is 5.76 Å². The summed E-state index contributed by atoms with van der Waals surface area (Å²) < 4.78 is 11.0. The third-order valence-corrected chi connectivity index (χ3v) is 5.81. The Morgan fingerprint density at radius 2 is 1.62 bits per heavy atom. The number of furan rings is 1. The van der Waals surface area contributed by atoms with E-state index in [4.69, 9.17) is 14.3 Å². The second kappa shape index (κ2) is 9.82. The molecule has 1 heterocycles. The van der Waals surface area contributed by atoms with E-state index in [9.17, 15) is 14.4 Å². The zero-order valence-corrected chi connectivity index (χ0v) is 19.0. The average Bonchev–Trinajstić information content (AvgIpc) is 3.42. The molecule has 34 heavy (non-hydrogen) atoms. The Hall–Kier alpha value is -4.07. The van der Waals surface area contributed by atoms with Crippen LogP contribution in [0.1, 0.15) is 47.2 Å². The number of benzene rings is 2. The summed E-state index contributed by atoms with van der Waals surface area (Å²) in [6, 6.07) is 18.9. The van der Waals surface area contributed by atoms with Gasteiger partial charge in [-0.2, -0.15) is 0 Å². The summed E-state index contributed by atoms with van der Waals surface area (Å²) in [5, 5.41) is 11.7. The summed E-state index contributed by atoms with van der Waals surface area (Å²) in [7, 11) is 0. The molecule has 1 aliphatic carbocycles. The van der Waals surface area contributed by atoms with Crippen LogP contribution in [0.3, 0.4) is 0 Å². The van der Waals surface area contributed by atoms with Crippen LogP contribution >= 0.6 is 0 Å². The molecule has 0 saturated heterocycles. The monoisotopic (exact) mass is 462 g/mol. The maximum atomic E-state index is 12.6. The van der Waals surface area contributed by atoms with Crippen LogP contribution in [0, 0.1) is 0 Å². The van der Waals surface area contributed by atoms with Crippen molar-refractivity contribution in [2.24, 2.45) is 0 Å². The molecule has 4 rings (SSSR count). The number of rotatable bonds is 8. The first-order valence-corrected chi connectivity index (χ1v) is 11.1. The van der Waals surface area contributed by atoms with Gasteiger partial charge in [0.1, 0.15) is 18.9 Å². The first-order chi connectivity index (χ1) is 16.3. The topological polar surface area (TPSA) is 109 Å². The number of carbonyl (C=O) groups excluding carboxylic acids is 2. The molecule has 0 unspecified atom stereocenters. The number of amides is 2. The van der Waals surface area contributed by atoms with Gasteiger partial charge in [-0.3, -0.25) is 9.59 Å². The number of alkyl carbamates (subject to hydrolysis) is 1. The lowest BCUT2D eigenvalue weighted by Gasteiger charge is -2.23. The predicted octanol–water partition coefficient (Wildman–Crippen LogP) is 4.25. The van der Waals surface area contributed by atoms with Crippen molar-refractivity contribution in [3.05, 3.63) is 83.3 Å². The van der Waals surface area contributed by atoms with E-state index >= 15 is 0 Å². The van der Waals surface area contributed by atoms with Crippen molar-refractivity contribution < 1.29 is 28.6 Å². The lowest BCUT2D eigenvalue weighted by molar-refractivity contribution is -0.138. The highest BCUT2D eigenvalue weighted by molar-refractivity contribution is 5.93. The van der Waals surface area contributed by atoms with Crippen LogP contribution in [0.4, 0.5) is 4.79 Å². The van der Waals surface area contributed by atoms with E-state index in [2.05, 4.69) is 17.4 Å². The molecule has 0 saturated carbocycles. The van der Waals surface area contributed by atoms with Crippen molar-refractivity contribution in [2.75, 3.05) is 13.2 Å². The number of carboxylic acids is 1. The van der Waals surface area contributed by atoms with E-state index in [1.54, 1.807) is 19.9 Å². The van der Waals surface area contributed by atoms with Gasteiger partial charge in [0.05, 0.1) is 6.54 Å². The third-order valence-electron chi connectivity index (χ3n) is 5.81. The van der Waals surface area contributed by atoms with E-state index in [-0.39, 0.29) is 30.9 Å². The Kier molecular flexibility index (Phi) is 6.67. The standard InChI is InChI=1S/C26H26N2O6/c1-16(2)28(14-24(29)30)25(31)23-12-11-17(34-23)13-27-26(32)33-15-22-20-9-5-3-7-18(20)19-8-4-6-10-21(19)22/h3-12,16,22H,13-15H2,1-2H3,(H,27,32)(H,29,30). The van der Waals surface area contributed by atoms with Crippen molar-refractivity contribution in [2.45, 2.75) is 32.4 Å². The minimum atomic E-state index is -1.11. The molecule has 0 aliphatic heterocycles. The summed E-state index contributed by atoms with van der Waals surface area (Å²) in [4.78, 5) is 37.2. The number of carbonyl (C=O) groups is 3. The molecule has 8 nitrogen and oxygen atoms in total. The van der Waals surface area contributed by atoms with Crippen LogP contribution in [-0.2, 0) is 16.1 Å². The number of hydrogen-bond donors (Lipinski definition) is 2. The van der Waals surface area contributed by atoms with Gasteiger partial charge < -0.3 is 24.5 Å². The maximum absolute atomic E-state index is 12.6. The fourth-order valence-electron chi connectivity index (χ4n) is 4.17. The zero-order valence-electron chi connectivity index (χ0n) is 19.0. The fourth-order valence-corrected chi connectivity index (χ4v) is 4.17. The Balaban J connectivity index is 1.34. The Labute approximate surface area is 197 Å². The second-order valence-corrected chi connectivity index (χ2v) is 8.37. The van der Waals surface area contributed by atoms with Gasteiger partial charge in [-0.15, -0.1) is 0 Å². The summed E-state index contributed by atoms with van der Waals surface area (Å²) in [6.07, 6.45) is -0.596. The van der Waals surface area contributed by atoms with Gasteiger partial charge in [0.15, 0.2) is 5.76 Å².